The van der Waals surface area contributed by atoms with Gasteiger partial charge < -0.3 is 0 Å². The molecule has 4 N–H and O–H groups in total. The summed E-state index contributed by atoms with van der Waals surface area (Å²) in [4.78, 5) is 0. The van der Waals surface area contributed by atoms with E-state index in [1.54, 1.807) is 0 Å². The van der Waals surface area contributed by atoms with Crippen molar-refractivity contribution in [2.24, 2.45) is 0 Å². The van der Waals surface area contributed by atoms with Gasteiger partial charge in [-0.1, -0.05) is 0 Å². The SMILES string of the molecule is O=S(=O)(O)O.O=S(=O)(O)O.[K].[K]. The maximum atomic E-state index is 8.74. The van der Waals surface area contributed by atoms with Gasteiger partial charge in [0.1, 0.15) is 0 Å². The Kier molecular flexibility index (Phi) is 21.3. The van der Waals surface area contributed by atoms with Crippen molar-refractivity contribution in [2.75, 3.05) is 0 Å². The summed E-state index contributed by atoms with van der Waals surface area (Å²) in [7, 11) is -9.33. The molecule has 66 valence electrons. The molecule has 0 aliphatic heterocycles. The second kappa shape index (κ2) is 10.5. The Morgan fingerprint density at radius 3 is 0.583 bits per heavy atom. The molecule has 8 nitrogen and oxygen atoms in total. The van der Waals surface area contributed by atoms with Crippen molar-refractivity contribution in [1.29, 1.82) is 0 Å². The normalized spacial score (nSPS) is 9.67. The molecule has 0 aromatic heterocycles. The van der Waals surface area contributed by atoms with E-state index in [4.69, 9.17) is 35.0 Å². The first-order valence-corrected chi connectivity index (χ1v) is 4.19. The van der Waals surface area contributed by atoms with Crippen molar-refractivity contribution >= 4 is 124 Å². The third-order valence-electron chi connectivity index (χ3n) is 0. The average molecular weight is 274 g/mol. The van der Waals surface area contributed by atoms with Crippen molar-refractivity contribution in [2.45, 2.75) is 0 Å². The number of rotatable bonds is 0. The molecular weight excluding hydrogens is 270 g/mol. The first kappa shape index (κ1) is 24.3. The second-order valence-electron chi connectivity index (χ2n) is 0.896. The molecule has 12 heavy (non-hydrogen) atoms. The van der Waals surface area contributed by atoms with E-state index in [1.165, 1.54) is 0 Å². The van der Waals surface area contributed by atoms with Crippen molar-refractivity contribution in [3.05, 3.63) is 0 Å². The fourth-order valence-electron chi connectivity index (χ4n) is 0. The maximum absolute atomic E-state index is 8.74. The molecule has 0 fully saturated rings. The van der Waals surface area contributed by atoms with Crippen molar-refractivity contribution in [3.63, 3.8) is 0 Å². The van der Waals surface area contributed by atoms with Gasteiger partial charge in [-0.15, -0.1) is 0 Å². The van der Waals surface area contributed by atoms with Crippen LogP contribution in [0, 0.1) is 0 Å². The van der Waals surface area contributed by atoms with Gasteiger partial charge in [-0.3, -0.25) is 18.2 Å². The topological polar surface area (TPSA) is 149 Å². The van der Waals surface area contributed by atoms with Crippen LogP contribution >= 0.6 is 0 Å². The summed E-state index contributed by atoms with van der Waals surface area (Å²) in [6.07, 6.45) is 0. The molecule has 2 radical (unpaired) electrons. The van der Waals surface area contributed by atoms with Gasteiger partial charge in [-0.05, 0) is 0 Å². The van der Waals surface area contributed by atoms with Crippen molar-refractivity contribution < 1.29 is 35.0 Å². The molecular formula is H4K2O8S2. The molecule has 0 rings (SSSR count). The van der Waals surface area contributed by atoms with Crippen molar-refractivity contribution in [1.82, 2.24) is 0 Å². The van der Waals surface area contributed by atoms with Gasteiger partial charge in [0, 0.05) is 103 Å². The molecule has 0 heterocycles. The Morgan fingerprint density at radius 2 is 0.583 bits per heavy atom. The molecule has 0 aliphatic carbocycles. The summed E-state index contributed by atoms with van der Waals surface area (Å²) in [5, 5.41) is 0. The third-order valence-corrected chi connectivity index (χ3v) is 0. The number of hydrogen-bond donors (Lipinski definition) is 4. The zero-order valence-corrected chi connectivity index (χ0v) is 14.1. The molecule has 0 unspecified atom stereocenters. The van der Waals surface area contributed by atoms with Crippen molar-refractivity contribution in [3.8, 4) is 0 Å². The molecule has 0 saturated carbocycles. The molecule has 0 aromatic rings. The Hall–Kier alpha value is 3.01. The van der Waals surface area contributed by atoms with Crippen LogP contribution in [-0.4, -0.2) is 138 Å². The quantitative estimate of drug-likeness (QED) is 0.291. The first-order chi connectivity index (χ1) is 4.00. The van der Waals surface area contributed by atoms with E-state index < -0.39 is 20.8 Å². The van der Waals surface area contributed by atoms with Gasteiger partial charge in [0.2, 0.25) is 0 Å². The Balaban J connectivity index is -0.0000000457. The van der Waals surface area contributed by atoms with E-state index in [9.17, 15) is 0 Å². The molecule has 0 aliphatic rings. The third kappa shape index (κ3) is 207. The van der Waals surface area contributed by atoms with Crippen LogP contribution in [0.2, 0.25) is 0 Å². The van der Waals surface area contributed by atoms with Crippen LogP contribution in [0.25, 0.3) is 0 Å². The van der Waals surface area contributed by atoms with Crippen LogP contribution < -0.4 is 0 Å². The fourth-order valence-corrected chi connectivity index (χ4v) is 0. The van der Waals surface area contributed by atoms with Gasteiger partial charge in [0.25, 0.3) is 0 Å². The molecule has 0 bridgehead atoms. The zero-order valence-electron chi connectivity index (χ0n) is 6.24. The minimum atomic E-state index is -4.67. The predicted octanol–water partition coefficient (Wildman–Crippen LogP) is -2.07. The molecule has 0 amide bonds. The average Bonchev–Trinajstić information content (AvgIpc) is 1.12. The monoisotopic (exact) mass is 274 g/mol. The summed E-state index contributed by atoms with van der Waals surface area (Å²) >= 11 is 0. The molecule has 0 aromatic carbocycles. The predicted molar refractivity (Wildman–Crippen MR) is 39.9 cm³/mol. The van der Waals surface area contributed by atoms with Gasteiger partial charge in [-0.2, -0.15) is 16.8 Å². The Bertz CT molecular complexity index is 211. The van der Waals surface area contributed by atoms with Gasteiger partial charge in [-0.25, -0.2) is 0 Å². The largest absolute Gasteiger partial charge is 0.394 e. The van der Waals surface area contributed by atoms with E-state index in [0.717, 1.165) is 0 Å². The van der Waals surface area contributed by atoms with Crippen LogP contribution in [0.5, 0.6) is 0 Å². The Morgan fingerprint density at radius 1 is 0.583 bits per heavy atom. The van der Waals surface area contributed by atoms with E-state index >= 15 is 0 Å². The van der Waals surface area contributed by atoms with Crippen LogP contribution in [0.3, 0.4) is 0 Å². The fraction of sp³-hybridized carbons (Fsp3) is 0. The summed E-state index contributed by atoms with van der Waals surface area (Å²) in [5.74, 6) is 0. The minimum Gasteiger partial charge on any atom is -0.264 e. The standard InChI is InChI=1S/2K.2H2O4S/c;;2*1-5(2,3)4/h;;2*(H2,1,2,3,4). The summed E-state index contributed by atoms with van der Waals surface area (Å²) in [6, 6.07) is 0. The molecule has 0 saturated heterocycles. The molecule has 12 heteroatoms. The minimum absolute atomic E-state index is 0. The van der Waals surface area contributed by atoms with Gasteiger partial charge >= 0.3 is 20.8 Å². The van der Waals surface area contributed by atoms with E-state index in [0.29, 0.717) is 0 Å². The summed E-state index contributed by atoms with van der Waals surface area (Å²) in [5.41, 5.74) is 0. The zero-order chi connectivity index (χ0) is 9.00. The first-order valence-electron chi connectivity index (χ1n) is 1.40. The smallest absolute Gasteiger partial charge is 0.264 e. The Labute approximate surface area is 154 Å². The second-order valence-corrected chi connectivity index (χ2v) is 2.69. The van der Waals surface area contributed by atoms with E-state index in [-0.39, 0.29) is 103 Å². The van der Waals surface area contributed by atoms with Crippen LogP contribution in [0.4, 0.5) is 0 Å². The molecule has 0 atom stereocenters. The summed E-state index contributed by atoms with van der Waals surface area (Å²) in [6.45, 7) is 0. The maximum Gasteiger partial charge on any atom is 0.394 e. The van der Waals surface area contributed by atoms with Crippen LogP contribution in [0.1, 0.15) is 0 Å². The van der Waals surface area contributed by atoms with Crippen LogP contribution in [0.15, 0.2) is 0 Å². The van der Waals surface area contributed by atoms with Crippen LogP contribution in [-0.2, 0) is 20.8 Å². The number of hydrogen-bond acceptors (Lipinski definition) is 4. The summed E-state index contributed by atoms with van der Waals surface area (Å²) < 4.78 is 63.2. The van der Waals surface area contributed by atoms with E-state index in [2.05, 4.69) is 0 Å². The molecule has 0 spiro atoms. The van der Waals surface area contributed by atoms with Gasteiger partial charge in [0.05, 0.1) is 0 Å². The van der Waals surface area contributed by atoms with Gasteiger partial charge in [0.15, 0.2) is 0 Å². The van der Waals surface area contributed by atoms with E-state index in [1.807, 2.05) is 0 Å².